The van der Waals surface area contributed by atoms with Crippen LogP contribution >= 0.6 is 12.6 Å². The van der Waals surface area contributed by atoms with E-state index in [2.05, 4.69) is 33.6 Å². The molecular formula is C20H27N5O5S. The number of aromatic nitrogens is 1. The molecule has 0 spiro atoms. The minimum atomic E-state index is -1.21. The number of benzene rings is 1. The van der Waals surface area contributed by atoms with Crippen LogP contribution in [0.3, 0.4) is 0 Å². The van der Waals surface area contributed by atoms with Gasteiger partial charge >= 0.3 is 5.97 Å². The molecule has 0 bridgehead atoms. The third-order valence-electron chi connectivity index (χ3n) is 4.75. The number of nitrogens with one attached hydrogen (secondary N) is 4. The summed E-state index contributed by atoms with van der Waals surface area (Å²) in [6, 6.07) is 3.61. The fourth-order valence-electron chi connectivity index (χ4n) is 2.88. The molecular weight excluding hydrogens is 422 g/mol. The van der Waals surface area contributed by atoms with Crippen molar-refractivity contribution >= 4 is 47.2 Å². The summed E-state index contributed by atoms with van der Waals surface area (Å²) >= 11 is 4.02. The van der Waals surface area contributed by atoms with Crippen LogP contribution in [0.4, 0.5) is 0 Å². The van der Waals surface area contributed by atoms with Crippen molar-refractivity contribution in [1.82, 2.24) is 20.9 Å². The number of thiol groups is 1. The second-order valence-corrected chi connectivity index (χ2v) is 7.58. The van der Waals surface area contributed by atoms with Crippen LogP contribution in [0, 0.1) is 0 Å². The molecule has 2 aromatic rings. The van der Waals surface area contributed by atoms with Gasteiger partial charge in [0.25, 0.3) is 0 Å². The summed E-state index contributed by atoms with van der Waals surface area (Å²) in [7, 11) is 0. The Hall–Kier alpha value is -3.05. The van der Waals surface area contributed by atoms with Crippen LogP contribution in [0.5, 0.6) is 0 Å². The van der Waals surface area contributed by atoms with Crippen LogP contribution in [0.2, 0.25) is 0 Å². The Balaban J connectivity index is 1.90. The maximum atomic E-state index is 12.4. The smallest absolute Gasteiger partial charge is 0.325 e. The highest BCUT2D eigenvalue weighted by Crippen LogP contribution is 2.18. The summed E-state index contributed by atoms with van der Waals surface area (Å²) in [5.41, 5.74) is 7.84. The summed E-state index contributed by atoms with van der Waals surface area (Å²) in [6.07, 6.45) is 2.07. The fraction of sp³-hybridized carbons (Fsp3) is 0.400. The number of aromatic amines is 1. The van der Waals surface area contributed by atoms with Gasteiger partial charge in [-0.2, -0.15) is 12.6 Å². The Morgan fingerprint density at radius 2 is 1.68 bits per heavy atom. The van der Waals surface area contributed by atoms with E-state index in [0.29, 0.717) is 0 Å². The van der Waals surface area contributed by atoms with Gasteiger partial charge < -0.3 is 31.8 Å². The van der Waals surface area contributed by atoms with E-state index in [9.17, 15) is 19.2 Å². The molecule has 3 amide bonds. The highest BCUT2D eigenvalue weighted by Gasteiger charge is 2.26. The van der Waals surface area contributed by atoms with Gasteiger partial charge in [-0.15, -0.1) is 0 Å². The van der Waals surface area contributed by atoms with E-state index in [1.54, 1.807) is 6.20 Å². The second-order valence-electron chi connectivity index (χ2n) is 7.21. The van der Waals surface area contributed by atoms with E-state index >= 15 is 0 Å². The van der Waals surface area contributed by atoms with Gasteiger partial charge in [0.2, 0.25) is 17.7 Å². The normalized spacial score (nSPS) is 14.8. The maximum absolute atomic E-state index is 12.4. The lowest BCUT2D eigenvalue weighted by atomic mass is 10.0. The Labute approximate surface area is 184 Å². The Morgan fingerprint density at radius 1 is 1.03 bits per heavy atom. The number of para-hydroxylation sites is 1. The SMILES string of the molecule is CC(NC(=O)C(CS)NC(=O)C(C)NC(=O)C(N)Cc1c[nH]c2ccccc12)C(=O)O. The highest BCUT2D eigenvalue weighted by atomic mass is 32.1. The molecule has 4 atom stereocenters. The summed E-state index contributed by atoms with van der Waals surface area (Å²) < 4.78 is 0. The van der Waals surface area contributed by atoms with Gasteiger partial charge in [0.15, 0.2) is 0 Å². The number of aliphatic carboxylic acids is 1. The van der Waals surface area contributed by atoms with Crippen LogP contribution in [-0.2, 0) is 25.6 Å². The Kier molecular flexibility index (Phi) is 8.46. The zero-order valence-electron chi connectivity index (χ0n) is 17.2. The Morgan fingerprint density at radius 3 is 2.32 bits per heavy atom. The summed E-state index contributed by atoms with van der Waals surface area (Å²) in [5.74, 6) is -3.08. The van der Waals surface area contributed by atoms with Crippen molar-refractivity contribution in [3.8, 4) is 0 Å². The van der Waals surface area contributed by atoms with Gasteiger partial charge in [-0.1, -0.05) is 18.2 Å². The number of rotatable bonds is 10. The largest absolute Gasteiger partial charge is 0.480 e. The van der Waals surface area contributed by atoms with Gasteiger partial charge in [0.05, 0.1) is 6.04 Å². The number of H-pyrrole nitrogens is 1. The van der Waals surface area contributed by atoms with Crippen molar-refractivity contribution in [1.29, 1.82) is 0 Å². The number of hydrogen-bond acceptors (Lipinski definition) is 6. The standard InChI is InChI=1S/C20H27N5O5S/c1-10(17(26)25-16(9-31)19(28)24-11(2)20(29)30)23-18(27)14(21)7-12-8-22-15-6-4-3-5-13(12)15/h3-6,8,10-11,14,16,22,31H,7,9,21H2,1-2H3,(H,23,27)(H,24,28)(H,25,26)(H,29,30). The molecule has 0 saturated carbocycles. The average molecular weight is 450 g/mol. The molecule has 7 N–H and O–H groups in total. The molecule has 1 aromatic carbocycles. The predicted molar refractivity (Wildman–Crippen MR) is 119 cm³/mol. The van der Waals surface area contributed by atoms with Crippen molar-refractivity contribution < 1.29 is 24.3 Å². The van der Waals surface area contributed by atoms with Gasteiger partial charge in [0, 0.05) is 22.9 Å². The van der Waals surface area contributed by atoms with Crippen LogP contribution in [0.15, 0.2) is 30.5 Å². The predicted octanol–water partition coefficient (Wildman–Crippen LogP) is -0.454. The number of amides is 3. The van der Waals surface area contributed by atoms with Crippen LogP contribution in [-0.4, -0.2) is 63.7 Å². The zero-order valence-corrected chi connectivity index (χ0v) is 18.1. The first kappa shape index (κ1) is 24.2. The van der Waals surface area contributed by atoms with E-state index in [0.717, 1.165) is 16.5 Å². The van der Waals surface area contributed by atoms with Crippen molar-refractivity contribution in [2.45, 2.75) is 44.4 Å². The number of nitrogens with two attached hydrogens (primary N) is 1. The minimum Gasteiger partial charge on any atom is -0.480 e. The molecule has 1 aromatic heterocycles. The van der Waals surface area contributed by atoms with E-state index in [4.69, 9.17) is 10.8 Å². The van der Waals surface area contributed by atoms with E-state index < -0.39 is 47.9 Å². The molecule has 11 heteroatoms. The Bertz CT molecular complexity index is 962. The second kappa shape index (κ2) is 10.8. The van der Waals surface area contributed by atoms with E-state index in [1.165, 1.54) is 13.8 Å². The topological polar surface area (TPSA) is 166 Å². The molecule has 0 aliphatic heterocycles. The summed E-state index contributed by atoms with van der Waals surface area (Å²) in [4.78, 5) is 50.9. The van der Waals surface area contributed by atoms with Crippen molar-refractivity contribution in [2.75, 3.05) is 5.75 Å². The third-order valence-corrected chi connectivity index (χ3v) is 5.11. The molecule has 1 heterocycles. The molecule has 0 aliphatic rings. The van der Waals surface area contributed by atoms with E-state index in [1.807, 2.05) is 24.3 Å². The zero-order chi connectivity index (χ0) is 23.1. The average Bonchev–Trinajstić information content (AvgIpc) is 3.14. The highest BCUT2D eigenvalue weighted by molar-refractivity contribution is 7.80. The third kappa shape index (κ3) is 6.46. The van der Waals surface area contributed by atoms with Gasteiger partial charge in [0.1, 0.15) is 18.1 Å². The minimum absolute atomic E-state index is 0.0509. The van der Waals surface area contributed by atoms with Crippen LogP contribution < -0.4 is 21.7 Å². The first-order chi connectivity index (χ1) is 14.6. The number of carbonyl (C=O) groups is 4. The molecule has 4 unspecified atom stereocenters. The van der Waals surface area contributed by atoms with Gasteiger partial charge in [-0.3, -0.25) is 19.2 Å². The molecule has 0 saturated heterocycles. The number of carboxylic acids is 1. The first-order valence-electron chi connectivity index (χ1n) is 9.69. The lowest BCUT2D eigenvalue weighted by Gasteiger charge is -2.22. The van der Waals surface area contributed by atoms with Crippen LogP contribution in [0.25, 0.3) is 10.9 Å². The van der Waals surface area contributed by atoms with Crippen LogP contribution in [0.1, 0.15) is 19.4 Å². The number of fused-ring (bicyclic) bond motifs is 1. The number of hydrogen-bond donors (Lipinski definition) is 7. The van der Waals surface area contributed by atoms with Crippen molar-refractivity contribution in [3.05, 3.63) is 36.0 Å². The van der Waals surface area contributed by atoms with Gasteiger partial charge in [-0.25, -0.2) is 0 Å². The quantitative estimate of drug-likeness (QED) is 0.243. The molecule has 31 heavy (non-hydrogen) atoms. The first-order valence-corrected chi connectivity index (χ1v) is 10.3. The maximum Gasteiger partial charge on any atom is 0.325 e. The number of carbonyl (C=O) groups excluding carboxylic acids is 3. The number of carboxylic acid groups (broad SMARTS) is 1. The summed E-state index contributed by atoms with van der Waals surface area (Å²) in [6.45, 7) is 2.76. The molecule has 2 rings (SSSR count). The van der Waals surface area contributed by atoms with E-state index in [-0.39, 0.29) is 12.2 Å². The molecule has 0 aliphatic carbocycles. The summed E-state index contributed by atoms with van der Waals surface area (Å²) in [5, 5.41) is 17.1. The molecule has 0 fully saturated rings. The monoisotopic (exact) mass is 449 g/mol. The van der Waals surface area contributed by atoms with Gasteiger partial charge in [-0.05, 0) is 31.9 Å². The van der Waals surface area contributed by atoms with Crippen molar-refractivity contribution in [2.24, 2.45) is 5.73 Å². The fourth-order valence-corrected chi connectivity index (χ4v) is 3.14. The lowest BCUT2D eigenvalue weighted by molar-refractivity contribution is -0.141. The molecule has 10 nitrogen and oxygen atoms in total. The molecule has 168 valence electrons. The lowest BCUT2D eigenvalue weighted by Crippen LogP contribution is -2.56. The molecule has 0 radical (unpaired) electrons. The van der Waals surface area contributed by atoms with Crippen molar-refractivity contribution in [3.63, 3.8) is 0 Å².